The third kappa shape index (κ3) is 5.75. The standard InChI is InChI=1S/C13H19F2NO/c1-17-9-8-16-7-3-2-4-11-5-6-12(14)13(15)10-11/h5-6,10,16H,2-4,7-9H2,1H3. The van der Waals surface area contributed by atoms with E-state index in [0.29, 0.717) is 6.61 Å². The molecule has 0 aromatic heterocycles. The number of aryl methyl sites for hydroxylation is 1. The van der Waals surface area contributed by atoms with Crippen LogP contribution in [0.3, 0.4) is 0 Å². The second-order valence-corrected chi connectivity index (χ2v) is 3.95. The van der Waals surface area contributed by atoms with E-state index in [-0.39, 0.29) is 0 Å². The molecule has 0 aliphatic heterocycles. The minimum absolute atomic E-state index is 0.711. The van der Waals surface area contributed by atoms with Gasteiger partial charge in [0.1, 0.15) is 0 Å². The van der Waals surface area contributed by atoms with Gasteiger partial charge in [-0.2, -0.15) is 0 Å². The molecule has 0 amide bonds. The second kappa shape index (κ2) is 8.14. The zero-order valence-corrected chi connectivity index (χ0v) is 10.1. The summed E-state index contributed by atoms with van der Waals surface area (Å²) in [6, 6.07) is 4.09. The van der Waals surface area contributed by atoms with Crippen molar-refractivity contribution in [2.24, 2.45) is 0 Å². The van der Waals surface area contributed by atoms with Crippen molar-refractivity contribution in [3.05, 3.63) is 35.4 Å². The number of methoxy groups -OCH3 is 1. The van der Waals surface area contributed by atoms with Gasteiger partial charge in [-0.05, 0) is 43.5 Å². The molecule has 0 aliphatic rings. The minimum atomic E-state index is -0.782. The highest BCUT2D eigenvalue weighted by Gasteiger charge is 2.01. The molecule has 0 atom stereocenters. The van der Waals surface area contributed by atoms with Gasteiger partial charge >= 0.3 is 0 Å². The van der Waals surface area contributed by atoms with Crippen molar-refractivity contribution in [2.45, 2.75) is 19.3 Å². The molecule has 1 aromatic carbocycles. The fourth-order valence-corrected chi connectivity index (χ4v) is 1.57. The number of nitrogens with one attached hydrogen (secondary N) is 1. The van der Waals surface area contributed by atoms with Crippen LogP contribution in [0.15, 0.2) is 18.2 Å². The van der Waals surface area contributed by atoms with E-state index < -0.39 is 11.6 Å². The number of hydrogen-bond donors (Lipinski definition) is 1. The maximum Gasteiger partial charge on any atom is 0.159 e. The van der Waals surface area contributed by atoms with E-state index in [0.717, 1.165) is 37.9 Å². The van der Waals surface area contributed by atoms with E-state index in [1.54, 1.807) is 13.2 Å². The number of unbranched alkanes of at least 4 members (excludes halogenated alkanes) is 1. The van der Waals surface area contributed by atoms with Gasteiger partial charge in [0.05, 0.1) is 6.61 Å². The molecule has 2 nitrogen and oxygen atoms in total. The first kappa shape index (κ1) is 14.1. The van der Waals surface area contributed by atoms with Crippen LogP contribution in [0, 0.1) is 11.6 Å². The third-order valence-electron chi connectivity index (χ3n) is 2.54. The largest absolute Gasteiger partial charge is 0.383 e. The lowest BCUT2D eigenvalue weighted by Crippen LogP contribution is -2.20. The van der Waals surface area contributed by atoms with E-state index in [1.807, 2.05) is 0 Å². The van der Waals surface area contributed by atoms with Crippen molar-refractivity contribution in [1.82, 2.24) is 5.32 Å². The number of hydrogen-bond acceptors (Lipinski definition) is 2. The van der Waals surface area contributed by atoms with Crippen molar-refractivity contribution in [3.8, 4) is 0 Å². The van der Waals surface area contributed by atoms with E-state index in [4.69, 9.17) is 4.74 Å². The molecule has 0 bridgehead atoms. The maximum absolute atomic E-state index is 12.9. The molecule has 0 fully saturated rings. The first-order valence-corrected chi connectivity index (χ1v) is 5.87. The van der Waals surface area contributed by atoms with Crippen LogP contribution >= 0.6 is 0 Å². The fourth-order valence-electron chi connectivity index (χ4n) is 1.57. The molecule has 1 rings (SSSR count). The van der Waals surface area contributed by atoms with Gasteiger partial charge in [0.2, 0.25) is 0 Å². The van der Waals surface area contributed by atoms with Crippen molar-refractivity contribution < 1.29 is 13.5 Å². The molecular formula is C13H19F2NO. The topological polar surface area (TPSA) is 21.3 Å². The van der Waals surface area contributed by atoms with Crippen LogP contribution in [0.4, 0.5) is 8.78 Å². The van der Waals surface area contributed by atoms with Gasteiger partial charge in [-0.3, -0.25) is 0 Å². The average Bonchev–Trinajstić information content (AvgIpc) is 2.32. The normalized spacial score (nSPS) is 10.8. The molecule has 0 spiro atoms. The highest BCUT2D eigenvalue weighted by atomic mass is 19.2. The van der Waals surface area contributed by atoms with Gasteiger partial charge in [0, 0.05) is 13.7 Å². The lowest BCUT2D eigenvalue weighted by Gasteiger charge is -2.04. The summed E-state index contributed by atoms with van der Waals surface area (Å²) in [5.74, 6) is -1.55. The van der Waals surface area contributed by atoms with Crippen molar-refractivity contribution in [1.29, 1.82) is 0 Å². The first-order chi connectivity index (χ1) is 8.24. The molecule has 0 saturated carbocycles. The van der Waals surface area contributed by atoms with Crippen LogP contribution in [0.5, 0.6) is 0 Å². The van der Waals surface area contributed by atoms with Crippen molar-refractivity contribution in [2.75, 3.05) is 26.8 Å². The highest BCUT2D eigenvalue weighted by Crippen LogP contribution is 2.10. The first-order valence-electron chi connectivity index (χ1n) is 5.87. The molecule has 0 unspecified atom stereocenters. The van der Waals surface area contributed by atoms with Crippen LogP contribution in [0.25, 0.3) is 0 Å². The number of halogens is 2. The summed E-state index contributed by atoms with van der Waals surface area (Å²) in [5.41, 5.74) is 0.848. The van der Waals surface area contributed by atoms with Crippen LogP contribution in [-0.2, 0) is 11.2 Å². The Morgan fingerprint density at radius 1 is 1.12 bits per heavy atom. The van der Waals surface area contributed by atoms with E-state index in [1.165, 1.54) is 12.1 Å². The third-order valence-corrected chi connectivity index (χ3v) is 2.54. The van der Waals surface area contributed by atoms with Crippen LogP contribution < -0.4 is 5.32 Å². The molecular weight excluding hydrogens is 224 g/mol. The van der Waals surface area contributed by atoms with Crippen molar-refractivity contribution in [3.63, 3.8) is 0 Å². The summed E-state index contributed by atoms with van der Waals surface area (Å²) < 4.78 is 30.5. The Morgan fingerprint density at radius 2 is 1.94 bits per heavy atom. The molecule has 0 saturated heterocycles. The summed E-state index contributed by atoms with van der Waals surface area (Å²) in [4.78, 5) is 0. The van der Waals surface area contributed by atoms with Crippen LogP contribution in [-0.4, -0.2) is 26.8 Å². The quantitative estimate of drug-likeness (QED) is 0.708. The molecule has 0 aliphatic carbocycles. The van der Waals surface area contributed by atoms with Gasteiger partial charge in [-0.15, -0.1) is 0 Å². The number of ether oxygens (including phenoxy) is 1. The Labute approximate surface area is 101 Å². The smallest absolute Gasteiger partial charge is 0.159 e. The lowest BCUT2D eigenvalue weighted by atomic mass is 10.1. The molecule has 1 aromatic rings. The Morgan fingerprint density at radius 3 is 2.65 bits per heavy atom. The number of benzene rings is 1. The minimum Gasteiger partial charge on any atom is -0.383 e. The van der Waals surface area contributed by atoms with E-state index in [2.05, 4.69) is 5.32 Å². The predicted octanol–water partition coefficient (Wildman–Crippen LogP) is 2.52. The summed E-state index contributed by atoms with van der Waals surface area (Å²) in [6.07, 6.45) is 2.76. The zero-order valence-electron chi connectivity index (χ0n) is 10.1. The maximum atomic E-state index is 12.9. The number of rotatable bonds is 8. The Hall–Kier alpha value is -1.00. The van der Waals surface area contributed by atoms with Crippen molar-refractivity contribution >= 4 is 0 Å². The molecule has 0 radical (unpaired) electrons. The SMILES string of the molecule is COCCNCCCCc1ccc(F)c(F)c1. The summed E-state index contributed by atoms with van der Waals surface area (Å²) in [6.45, 7) is 2.48. The summed E-state index contributed by atoms with van der Waals surface area (Å²) >= 11 is 0. The molecule has 17 heavy (non-hydrogen) atoms. The molecule has 1 N–H and O–H groups in total. The van der Waals surface area contributed by atoms with Gasteiger partial charge in [-0.1, -0.05) is 6.07 Å². The van der Waals surface area contributed by atoms with Gasteiger partial charge in [0.25, 0.3) is 0 Å². The van der Waals surface area contributed by atoms with E-state index >= 15 is 0 Å². The van der Waals surface area contributed by atoms with E-state index in [9.17, 15) is 8.78 Å². The van der Waals surface area contributed by atoms with Gasteiger partial charge < -0.3 is 10.1 Å². The fraction of sp³-hybridized carbons (Fsp3) is 0.538. The predicted molar refractivity (Wildman–Crippen MR) is 64.0 cm³/mol. The Balaban J connectivity index is 2.11. The molecule has 96 valence electrons. The molecule has 0 heterocycles. The van der Waals surface area contributed by atoms with Gasteiger partial charge in [0.15, 0.2) is 11.6 Å². The van der Waals surface area contributed by atoms with Gasteiger partial charge in [-0.25, -0.2) is 8.78 Å². The average molecular weight is 243 g/mol. The second-order valence-electron chi connectivity index (χ2n) is 3.95. The highest BCUT2D eigenvalue weighted by molar-refractivity contribution is 5.17. The Bertz CT molecular complexity index is 331. The Kier molecular flexibility index (Phi) is 6.74. The zero-order chi connectivity index (χ0) is 12.5. The lowest BCUT2D eigenvalue weighted by molar-refractivity contribution is 0.199. The van der Waals surface area contributed by atoms with Crippen LogP contribution in [0.2, 0.25) is 0 Å². The van der Waals surface area contributed by atoms with Crippen LogP contribution in [0.1, 0.15) is 18.4 Å². The summed E-state index contributed by atoms with van der Waals surface area (Å²) in [7, 11) is 1.67. The summed E-state index contributed by atoms with van der Waals surface area (Å²) in [5, 5.41) is 3.23. The molecule has 4 heteroatoms. The monoisotopic (exact) mass is 243 g/mol.